The molecular formula is C11H21NO3. The highest BCUT2D eigenvalue weighted by Crippen LogP contribution is 2.27. The molecule has 0 spiro atoms. The Hall–Kier alpha value is -0.610. The van der Waals surface area contributed by atoms with Gasteiger partial charge < -0.3 is 14.7 Å². The van der Waals surface area contributed by atoms with Crippen LogP contribution in [0.3, 0.4) is 0 Å². The van der Waals surface area contributed by atoms with Crippen molar-refractivity contribution in [3.63, 3.8) is 0 Å². The molecule has 0 atom stereocenters. The molecule has 0 unspecified atom stereocenters. The van der Waals surface area contributed by atoms with Crippen molar-refractivity contribution in [3.8, 4) is 0 Å². The van der Waals surface area contributed by atoms with Crippen LogP contribution in [0.15, 0.2) is 0 Å². The minimum atomic E-state index is -0.930. The van der Waals surface area contributed by atoms with Crippen molar-refractivity contribution in [2.45, 2.75) is 45.3 Å². The number of likely N-dealkylation sites (tertiary alicyclic amines) is 1. The van der Waals surface area contributed by atoms with Crippen LogP contribution in [0.25, 0.3) is 0 Å². The first-order valence-corrected chi connectivity index (χ1v) is 5.63. The number of carbonyl (C=O) groups is 1. The van der Waals surface area contributed by atoms with Crippen molar-refractivity contribution in [1.82, 2.24) is 4.90 Å². The number of carboxylic acids is 1. The lowest BCUT2D eigenvalue weighted by atomic mass is 9.90. The van der Waals surface area contributed by atoms with E-state index in [4.69, 9.17) is 4.74 Å². The summed E-state index contributed by atoms with van der Waals surface area (Å²) < 4.78 is 5.43. The van der Waals surface area contributed by atoms with Gasteiger partial charge in [0.25, 0.3) is 0 Å². The molecule has 0 aliphatic carbocycles. The maximum absolute atomic E-state index is 11.2. The van der Waals surface area contributed by atoms with Gasteiger partial charge in [0.15, 0.2) is 5.60 Å². The molecule has 1 heterocycles. The SMILES string of the molecule is CCOC1(C(=O)O)CCN(C(C)C)CC1. The fraction of sp³-hybridized carbons (Fsp3) is 0.909. The van der Waals surface area contributed by atoms with E-state index in [9.17, 15) is 9.90 Å². The zero-order valence-corrected chi connectivity index (χ0v) is 9.82. The van der Waals surface area contributed by atoms with E-state index >= 15 is 0 Å². The van der Waals surface area contributed by atoms with Crippen LogP contribution in [0, 0.1) is 0 Å². The fourth-order valence-electron chi connectivity index (χ4n) is 2.10. The van der Waals surface area contributed by atoms with Crippen LogP contribution in [-0.2, 0) is 9.53 Å². The van der Waals surface area contributed by atoms with Gasteiger partial charge in [-0.05, 0) is 33.6 Å². The van der Waals surface area contributed by atoms with Gasteiger partial charge >= 0.3 is 5.97 Å². The van der Waals surface area contributed by atoms with E-state index in [-0.39, 0.29) is 0 Å². The molecule has 4 heteroatoms. The highest BCUT2D eigenvalue weighted by Gasteiger charge is 2.42. The molecule has 4 nitrogen and oxygen atoms in total. The third-order valence-electron chi connectivity index (χ3n) is 3.15. The van der Waals surface area contributed by atoms with E-state index in [2.05, 4.69) is 18.7 Å². The van der Waals surface area contributed by atoms with Gasteiger partial charge in [-0.1, -0.05) is 0 Å². The molecule has 1 aliphatic rings. The number of hydrogen-bond acceptors (Lipinski definition) is 3. The molecule has 88 valence electrons. The van der Waals surface area contributed by atoms with Crippen LogP contribution >= 0.6 is 0 Å². The number of aliphatic carboxylic acids is 1. The zero-order chi connectivity index (χ0) is 11.5. The molecule has 0 aromatic heterocycles. The Morgan fingerprint density at radius 3 is 2.33 bits per heavy atom. The number of carboxylic acid groups (broad SMARTS) is 1. The Kier molecular flexibility index (Phi) is 4.11. The molecule has 1 saturated heterocycles. The molecule has 0 bridgehead atoms. The number of nitrogens with zero attached hydrogens (tertiary/aromatic N) is 1. The third kappa shape index (κ3) is 2.69. The quantitative estimate of drug-likeness (QED) is 0.769. The van der Waals surface area contributed by atoms with Crippen LogP contribution in [0.4, 0.5) is 0 Å². The average Bonchev–Trinajstić information content (AvgIpc) is 2.18. The van der Waals surface area contributed by atoms with Crippen molar-refractivity contribution in [1.29, 1.82) is 0 Å². The summed E-state index contributed by atoms with van der Waals surface area (Å²) >= 11 is 0. The second-order valence-electron chi connectivity index (χ2n) is 4.36. The van der Waals surface area contributed by atoms with Crippen LogP contribution in [0.5, 0.6) is 0 Å². The summed E-state index contributed by atoms with van der Waals surface area (Å²) in [4.78, 5) is 13.5. The largest absolute Gasteiger partial charge is 0.479 e. The van der Waals surface area contributed by atoms with Gasteiger partial charge in [-0.3, -0.25) is 0 Å². The van der Waals surface area contributed by atoms with Crippen molar-refractivity contribution in [2.24, 2.45) is 0 Å². The topological polar surface area (TPSA) is 49.8 Å². The van der Waals surface area contributed by atoms with Crippen LogP contribution in [0.2, 0.25) is 0 Å². The monoisotopic (exact) mass is 215 g/mol. The normalized spacial score (nSPS) is 21.9. The van der Waals surface area contributed by atoms with Crippen LogP contribution in [0.1, 0.15) is 33.6 Å². The Morgan fingerprint density at radius 2 is 2.00 bits per heavy atom. The summed E-state index contributed by atoms with van der Waals surface area (Å²) in [6.07, 6.45) is 1.18. The lowest BCUT2D eigenvalue weighted by molar-refractivity contribution is -0.172. The van der Waals surface area contributed by atoms with Gasteiger partial charge in [-0.2, -0.15) is 0 Å². The van der Waals surface area contributed by atoms with Gasteiger partial charge in [-0.25, -0.2) is 4.79 Å². The predicted octanol–water partition coefficient (Wildman–Crippen LogP) is 1.35. The third-order valence-corrected chi connectivity index (χ3v) is 3.15. The first kappa shape index (κ1) is 12.5. The maximum Gasteiger partial charge on any atom is 0.336 e. The molecule has 1 fully saturated rings. The second-order valence-corrected chi connectivity index (χ2v) is 4.36. The first-order valence-electron chi connectivity index (χ1n) is 5.63. The standard InChI is InChI=1S/C11H21NO3/c1-4-15-11(10(13)14)5-7-12(8-6-11)9(2)3/h9H,4-8H2,1-3H3,(H,13,14). The highest BCUT2D eigenvalue weighted by molar-refractivity contribution is 5.77. The molecule has 1 aliphatic heterocycles. The maximum atomic E-state index is 11.2. The zero-order valence-electron chi connectivity index (χ0n) is 9.82. The van der Waals surface area contributed by atoms with Gasteiger partial charge in [0, 0.05) is 25.7 Å². The minimum Gasteiger partial charge on any atom is -0.479 e. The van der Waals surface area contributed by atoms with Crippen LogP contribution in [-0.4, -0.2) is 47.3 Å². The lowest BCUT2D eigenvalue weighted by Crippen LogP contribution is -2.52. The molecule has 15 heavy (non-hydrogen) atoms. The summed E-state index contributed by atoms with van der Waals surface area (Å²) in [5.41, 5.74) is -0.930. The Labute approximate surface area is 91.2 Å². The van der Waals surface area contributed by atoms with Gasteiger partial charge in [0.05, 0.1) is 0 Å². The second kappa shape index (κ2) is 4.94. The molecule has 1 rings (SSSR count). The van der Waals surface area contributed by atoms with E-state index < -0.39 is 11.6 Å². The molecule has 0 amide bonds. The van der Waals surface area contributed by atoms with Crippen molar-refractivity contribution in [3.05, 3.63) is 0 Å². The molecular weight excluding hydrogens is 194 g/mol. The smallest absolute Gasteiger partial charge is 0.336 e. The number of rotatable bonds is 4. The average molecular weight is 215 g/mol. The van der Waals surface area contributed by atoms with Gasteiger partial charge in [0.2, 0.25) is 0 Å². The summed E-state index contributed by atoms with van der Waals surface area (Å²) in [6.45, 7) is 8.20. The summed E-state index contributed by atoms with van der Waals surface area (Å²) in [5, 5.41) is 9.20. The fourth-order valence-corrected chi connectivity index (χ4v) is 2.10. The van der Waals surface area contributed by atoms with Crippen molar-refractivity contribution >= 4 is 5.97 Å². The van der Waals surface area contributed by atoms with E-state index in [0.717, 1.165) is 13.1 Å². The van der Waals surface area contributed by atoms with E-state index in [1.54, 1.807) is 0 Å². The Morgan fingerprint density at radius 1 is 1.47 bits per heavy atom. The number of ether oxygens (including phenoxy) is 1. The highest BCUT2D eigenvalue weighted by atomic mass is 16.5. The predicted molar refractivity (Wildman–Crippen MR) is 57.9 cm³/mol. The molecule has 1 N–H and O–H groups in total. The summed E-state index contributed by atoms with van der Waals surface area (Å²) in [7, 11) is 0. The minimum absolute atomic E-state index is 0.466. The van der Waals surface area contributed by atoms with Crippen molar-refractivity contribution in [2.75, 3.05) is 19.7 Å². The summed E-state index contributed by atoms with van der Waals surface area (Å²) in [6, 6.07) is 0.485. The van der Waals surface area contributed by atoms with Gasteiger partial charge in [0.1, 0.15) is 0 Å². The molecule has 0 radical (unpaired) electrons. The van der Waals surface area contributed by atoms with E-state index in [1.165, 1.54) is 0 Å². The Balaban J connectivity index is 2.61. The lowest BCUT2D eigenvalue weighted by Gasteiger charge is -2.40. The molecule has 0 aromatic rings. The van der Waals surface area contributed by atoms with E-state index in [0.29, 0.717) is 25.5 Å². The molecule has 0 saturated carbocycles. The summed E-state index contributed by atoms with van der Waals surface area (Å²) in [5.74, 6) is -0.812. The van der Waals surface area contributed by atoms with Crippen LogP contribution < -0.4 is 0 Å². The number of hydrogen-bond donors (Lipinski definition) is 1. The van der Waals surface area contributed by atoms with Crippen molar-refractivity contribution < 1.29 is 14.6 Å². The van der Waals surface area contributed by atoms with Gasteiger partial charge in [-0.15, -0.1) is 0 Å². The first-order chi connectivity index (χ1) is 7.02. The molecule has 0 aromatic carbocycles. The Bertz CT molecular complexity index is 220. The van der Waals surface area contributed by atoms with E-state index in [1.807, 2.05) is 6.92 Å². The number of piperidine rings is 1.